The molecule has 7 heteroatoms. The molecular formula is C12H12BrN3O2S. The maximum atomic E-state index is 9.80. The highest BCUT2D eigenvalue weighted by Gasteiger charge is 2.06. The summed E-state index contributed by atoms with van der Waals surface area (Å²) in [5.74, 6) is 0.748. The Morgan fingerprint density at radius 1 is 1.53 bits per heavy atom. The van der Waals surface area contributed by atoms with Crippen LogP contribution in [0.2, 0.25) is 0 Å². The van der Waals surface area contributed by atoms with Gasteiger partial charge in [-0.05, 0) is 35.0 Å². The maximum Gasteiger partial charge on any atom is 0.203 e. The van der Waals surface area contributed by atoms with Gasteiger partial charge in [-0.3, -0.25) is 5.43 Å². The summed E-state index contributed by atoms with van der Waals surface area (Å²) in [5.41, 5.74) is 4.30. The number of hydrogen-bond acceptors (Lipinski definition) is 6. The van der Waals surface area contributed by atoms with Crippen molar-refractivity contribution in [3.05, 3.63) is 33.2 Å². The quantitative estimate of drug-likeness (QED) is 0.660. The Labute approximate surface area is 123 Å². The summed E-state index contributed by atoms with van der Waals surface area (Å²) >= 11 is 4.76. The Bertz CT molecular complexity index is 613. The number of anilines is 1. The maximum absolute atomic E-state index is 9.80. The molecule has 0 saturated heterocycles. The van der Waals surface area contributed by atoms with Gasteiger partial charge in [0.25, 0.3) is 0 Å². The van der Waals surface area contributed by atoms with Gasteiger partial charge in [0.15, 0.2) is 0 Å². The fraction of sp³-hybridized carbons (Fsp3) is 0.167. The summed E-state index contributed by atoms with van der Waals surface area (Å²) in [4.78, 5) is 4.21. The van der Waals surface area contributed by atoms with Crippen molar-refractivity contribution in [2.45, 2.75) is 6.92 Å². The fourth-order valence-corrected chi connectivity index (χ4v) is 2.51. The minimum absolute atomic E-state index is 0.119. The van der Waals surface area contributed by atoms with Crippen molar-refractivity contribution in [1.82, 2.24) is 4.98 Å². The molecule has 0 unspecified atom stereocenters. The normalized spacial score (nSPS) is 10.9. The third-order valence-electron chi connectivity index (χ3n) is 2.28. The van der Waals surface area contributed by atoms with Crippen LogP contribution in [0, 0.1) is 6.92 Å². The number of benzene rings is 1. The predicted octanol–water partition coefficient (Wildman–Crippen LogP) is 3.37. The smallest absolute Gasteiger partial charge is 0.203 e. The van der Waals surface area contributed by atoms with E-state index in [0.29, 0.717) is 20.9 Å². The highest BCUT2D eigenvalue weighted by atomic mass is 79.9. The van der Waals surface area contributed by atoms with Crippen molar-refractivity contribution in [1.29, 1.82) is 0 Å². The van der Waals surface area contributed by atoms with Gasteiger partial charge in [-0.25, -0.2) is 4.98 Å². The van der Waals surface area contributed by atoms with Crippen LogP contribution in [0.1, 0.15) is 11.3 Å². The molecule has 5 nitrogen and oxygen atoms in total. The molecule has 1 aromatic carbocycles. The number of hydrogen-bond donors (Lipinski definition) is 2. The summed E-state index contributed by atoms with van der Waals surface area (Å²) in [6, 6.07) is 3.26. The number of halogens is 1. The minimum Gasteiger partial charge on any atom is -0.507 e. The molecule has 0 saturated carbocycles. The summed E-state index contributed by atoms with van der Waals surface area (Å²) in [6.07, 6.45) is 1.51. The molecule has 2 aromatic rings. The second-order valence-electron chi connectivity index (χ2n) is 3.71. The zero-order chi connectivity index (χ0) is 13.8. The first-order chi connectivity index (χ1) is 9.10. The predicted molar refractivity (Wildman–Crippen MR) is 80.4 cm³/mol. The van der Waals surface area contributed by atoms with Gasteiger partial charge in [0.1, 0.15) is 11.5 Å². The van der Waals surface area contributed by atoms with E-state index in [-0.39, 0.29) is 5.75 Å². The number of thiazole rings is 1. The molecule has 0 atom stereocenters. The van der Waals surface area contributed by atoms with E-state index in [2.05, 4.69) is 31.4 Å². The molecule has 0 bridgehead atoms. The van der Waals surface area contributed by atoms with Crippen molar-refractivity contribution >= 4 is 38.6 Å². The molecule has 19 heavy (non-hydrogen) atoms. The van der Waals surface area contributed by atoms with Gasteiger partial charge in [0.2, 0.25) is 5.13 Å². The molecule has 0 aliphatic carbocycles. The van der Waals surface area contributed by atoms with Crippen LogP contribution in [-0.2, 0) is 0 Å². The van der Waals surface area contributed by atoms with Gasteiger partial charge in [-0.1, -0.05) is 0 Å². The lowest BCUT2D eigenvalue weighted by Gasteiger charge is -2.06. The number of aromatic nitrogens is 1. The molecule has 0 spiro atoms. The summed E-state index contributed by atoms with van der Waals surface area (Å²) in [6.45, 7) is 1.91. The zero-order valence-electron chi connectivity index (χ0n) is 10.3. The molecule has 0 radical (unpaired) electrons. The van der Waals surface area contributed by atoms with E-state index < -0.39 is 0 Å². The Morgan fingerprint density at radius 3 is 2.95 bits per heavy atom. The Kier molecular flexibility index (Phi) is 4.39. The van der Waals surface area contributed by atoms with Crippen LogP contribution in [0.3, 0.4) is 0 Å². The van der Waals surface area contributed by atoms with E-state index in [4.69, 9.17) is 4.74 Å². The van der Waals surface area contributed by atoms with Crippen molar-refractivity contribution < 1.29 is 9.84 Å². The van der Waals surface area contributed by atoms with Crippen LogP contribution in [0.5, 0.6) is 11.5 Å². The lowest BCUT2D eigenvalue weighted by atomic mass is 10.2. The van der Waals surface area contributed by atoms with Crippen LogP contribution in [0.4, 0.5) is 5.13 Å². The van der Waals surface area contributed by atoms with Gasteiger partial charge in [-0.2, -0.15) is 5.10 Å². The second kappa shape index (κ2) is 6.03. The highest BCUT2D eigenvalue weighted by molar-refractivity contribution is 9.10. The zero-order valence-corrected chi connectivity index (χ0v) is 12.7. The fourth-order valence-electron chi connectivity index (χ4n) is 1.38. The van der Waals surface area contributed by atoms with Crippen molar-refractivity contribution in [2.75, 3.05) is 12.5 Å². The lowest BCUT2D eigenvalue weighted by molar-refractivity contribution is 0.409. The molecule has 2 N–H and O–H groups in total. The van der Waals surface area contributed by atoms with Gasteiger partial charge in [-0.15, -0.1) is 11.3 Å². The number of ether oxygens (including phenoxy) is 1. The average Bonchev–Trinajstić information content (AvgIpc) is 2.78. The third kappa shape index (κ3) is 3.45. The van der Waals surface area contributed by atoms with Gasteiger partial charge in [0.05, 0.1) is 23.5 Å². The van der Waals surface area contributed by atoms with Crippen LogP contribution in [0.15, 0.2) is 27.1 Å². The molecule has 1 heterocycles. The standard InChI is InChI=1S/C12H12BrN3O2S/c1-7-6-19-12(15-7)16-14-5-8-3-11(18-2)9(13)4-10(8)17/h3-6,17H,1-2H3,(H,15,16). The largest absolute Gasteiger partial charge is 0.507 e. The van der Waals surface area contributed by atoms with E-state index in [1.807, 2.05) is 12.3 Å². The van der Waals surface area contributed by atoms with E-state index in [1.165, 1.54) is 17.6 Å². The Morgan fingerprint density at radius 2 is 2.32 bits per heavy atom. The number of hydrazone groups is 1. The van der Waals surface area contributed by atoms with E-state index >= 15 is 0 Å². The average molecular weight is 342 g/mol. The third-order valence-corrected chi connectivity index (χ3v) is 3.77. The van der Waals surface area contributed by atoms with Crippen LogP contribution in [-0.4, -0.2) is 23.4 Å². The second-order valence-corrected chi connectivity index (χ2v) is 5.42. The highest BCUT2D eigenvalue weighted by Crippen LogP contribution is 2.31. The molecule has 0 aliphatic rings. The Balaban J connectivity index is 2.14. The number of methoxy groups -OCH3 is 1. The van der Waals surface area contributed by atoms with Gasteiger partial charge >= 0.3 is 0 Å². The number of aromatic hydroxyl groups is 1. The number of phenols is 1. The van der Waals surface area contributed by atoms with Gasteiger partial charge in [0, 0.05) is 10.9 Å². The minimum atomic E-state index is 0.119. The lowest BCUT2D eigenvalue weighted by Crippen LogP contribution is -1.92. The molecule has 0 amide bonds. The van der Waals surface area contributed by atoms with Crippen molar-refractivity contribution in [2.24, 2.45) is 5.10 Å². The molecule has 100 valence electrons. The first-order valence-corrected chi connectivity index (χ1v) is 7.05. The van der Waals surface area contributed by atoms with E-state index in [0.717, 1.165) is 5.69 Å². The van der Waals surface area contributed by atoms with Crippen molar-refractivity contribution in [3.8, 4) is 11.5 Å². The summed E-state index contributed by atoms with van der Waals surface area (Å²) in [7, 11) is 1.56. The number of nitrogens with zero attached hydrogens (tertiary/aromatic N) is 2. The monoisotopic (exact) mass is 341 g/mol. The van der Waals surface area contributed by atoms with Crippen LogP contribution >= 0.6 is 27.3 Å². The van der Waals surface area contributed by atoms with Crippen LogP contribution in [0.25, 0.3) is 0 Å². The van der Waals surface area contributed by atoms with Crippen LogP contribution < -0.4 is 10.2 Å². The van der Waals surface area contributed by atoms with E-state index in [1.54, 1.807) is 19.2 Å². The molecule has 2 rings (SSSR count). The number of nitrogens with one attached hydrogen (secondary N) is 1. The molecule has 1 aromatic heterocycles. The summed E-state index contributed by atoms with van der Waals surface area (Å²) < 4.78 is 5.85. The summed E-state index contributed by atoms with van der Waals surface area (Å²) in [5, 5.41) is 16.5. The first-order valence-electron chi connectivity index (χ1n) is 5.38. The first kappa shape index (κ1) is 13.8. The Hall–Kier alpha value is -1.60. The van der Waals surface area contributed by atoms with Crippen molar-refractivity contribution in [3.63, 3.8) is 0 Å². The van der Waals surface area contributed by atoms with E-state index in [9.17, 15) is 5.11 Å². The SMILES string of the molecule is COc1cc(C=NNc2nc(C)cs2)c(O)cc1Br. The topological polar surface area (TPSA) is 66.7 Å². The number of rotatable bonds is 4. The molecular weight excluding hydrogens is 330 g/mol. The molecule has 0 fully saturated rings. The molecule has 0 aliphatic heterocycles. The number of phenolic OH excluding ortho intramolecular Hbond substituents is 1. The van der Waals surface area contributed by atoms with Gasteiger partial charge < -0.3 is 9.84 Å². The number of aryl methyl sites for hydroxylation is 1.